The molecule has 1 aromatic carbocycles. The Kier molecular flexibility index (Phi) is 4.88. The van der Waals surface area contributed by atoms with Crippen molar-refractivity contribution in [2.75, 3.05) is 29.4 Å². The summed E-state index contributed by atoms with van der Waals surface area (Å²) in [6.45, 7) is 6.09. The topological polar surface area (TPSA) is 88.9 Å². The molecule has 2 aliphatic heterocycles. The largest absolute Gasteiger partial charge is 0.372 e. The summed E-state index contributed by atoms with van der Waals surface area (Å²) in [5.74, 6) is -0.687. The molecule has 29 heavy (non-hydrogen) atoms. The van der Waals surface area contributed by atoms with E-state index in [1.165, 1.54) is 0 Å². The molecule has 148 valence electrons. The van der Waals surface area contributed by atoms with Gasteiger partial charge in [0.25, 0.3) is 0 Å². The number of nitrogens with zero attached hydrogens (tertiary/aromatic N) is 3. The Morgan fingerprint density at radius 3 is 2.59 bits per heavy atom. The number of carbonyl (C=O) groups is 2. The molecule has 1 aliphatic carbocycles. The number of anilines is 2. The van der Waals surface area contributed by atoms with E-state index in [-0.39, 0.29) is 35.5 Å². The molecule has 7 heteroatoms. The molecule has 0 bridgehead atoms. The Morgan fingerprint density at radius 1 is 1.17 bits per heavy atom. The lowest BCUT2D eigenvalue weighted by Crippen LogP contribution is -2.39. The predicted octanol–water partition coefficient (Wildman–Crippen LogP) is 2.42. The lowest BCUT2D eigenvalue weighted by Gasteiger charge is -2.24. The SMILES string of the molecule is CCN(CC)c1ccc(N2CC(=O)/C(=C3\N=C4C=CC=CC4C(=O)N3)C2=N)cc1. The molecule has 1 saturated heterocycles. The van der Waals surface area contributed by atoms with Crippen molar-refractivity contribution in [3.05, 3.63) is 60.0 Å². The average molecular weight is 389 g/mol. The Labute approximate surface area is 169 Å². The Bertz CT molecular complexity index is 997. The standard InChI is InChI=1S/C22H23N5O2/c1-3-26(4-2)14-9-11-15(12-10-14)27-13-18(28)19(20(27)23)21-24-17-8-6-5-7-16(17)22(29)25-21/h5-12,16,23H,3-4,13H2,1-2H3,(H,25,29)/b21-19-,23-20?. The van der Waals surface area contributed by atoms with Crippen molar-refractivity contribution in [1.82, 2.24) is 5.32 Å². The minimum Gasteiger partial charge on any atom is -0.372 e. The van der Waals surface area contributed by atoms with Crippen LogP contribution in [0.5, 0.6) is 0 Å². The minimum atomic E-state index is -0.446. The molecule has 2 heterocycles. The molecule has 0 saturated carbocycles. The molecule has 1 fully saturated rings. The van der Waals surface area contributed by atoms with Crippen LogP contribution in [0.3, 0.4) is 0 Å². The number of rotatable bonds is 4. The van der Waals surface area contributed by atoms with Crippen molar-refractivity contribution in [1.29, 1.82) is 5.41 Å². The third-order valence-corrected chi connectivity index (χ3v) is 5.38. The summed E-state index contributed by atoms with van der Waals surface area (Å²) in [7, 11) is 0. The van der Waals surface area contributed by atoms with Crippen molar-refractivity contribution >= 4 is 34.6 Å². The molecule has 1 atom stereocenters. The third-order valence-electron chi connectivity index (χ3n) is 5.38. The second-order valence-corrected chi connectivity index (χ2v) is 7.02. The van der Waals surface area contributed by atoms with Crippen LogP contribution in [0.4, 0.5) is 11.4 Å². The highest BCUT2D eigenvalue weighted by Crippen LogP contribution is 2.28. The van der Waals surface area contributed by atoms with E-state index < -0.39 is 5.92 Å². The highest BCUT2D eigenvalue weighted by molar-refractivity contribution is 6.34. The number of ketones is 1. The molecule has 0 spiro atoms. The zero-order valence-corrected chi connectivity index (χ0v) is 16.5. The zero-order chi connectivity index (χ0) is 20.5. The number of carbonyl (C=O) groups excluding carboxylic acids is 2. The van der Waals surface area contributed by atoms with E-state index in [2.05, 4.69) is 29.1 Å². The number of Topliss-reactive ketones (excluding diaryl/α,β-unsaturated/α-hetero) is 1. The van der Waals surface area contributed by atoms with E-state index in [1.54, 1.807) is 23.1 Å². The maximum Gasteiger partial charge on any atom is 0.238 e. The molecule has 1 amide bonds. The number of benzene rings is 1. The lowest BCUT2D eigenvalue weighted by molar-refractivity contribution is -0.121. The second-order valence-electron chi connectivity index (χ2n) is 7.02. The van der Waals surface area contributed by atoms with Crippen LogP contribution in [0.1, 0.15) is 13.8 Å². The van der Waals surface area contributed by atoms with Gasteiger partial charge >= 0.3 is 0 Å². The van der Waals surface area contributed by atoms with E-state index in [0.717, 1.165) is 24.5 Å². The van der Waals surface area contributed by atoms with Gasteiger partial charge in [0, 0.05) is 24.5 Å². The van der Waals surface area contributed by atoms with E-state index in [1.807, 2.05) is 30.3 Å². The van der Waals surface area contributed by atoms with Crippen molar-refractivity contribution in [2.45, 2.75) is 13.8 Å². The van der Waals surface area contributed by atoms with Gasteiger partial charge in [-0.05, 0) is 44.2 Å². The fourth-order valence-corrected chi connectivity index (χ4v) is 3.80. The van der Waals surface area contributed by atoms with Crippen LogP contribution < -0.4 is 15.1 Å². The van der Waals surface area contributed by atoms with Crippen molar-refractivity contribution < 1.29 is 9.59 Å². The van der Waals surface area contributed by atoms with E-state index >= 15 is 0 Å². The Morgan fingerprint density at radius 2 is 1.90 bits per heavy atom. The van der Waals surface area contributed by atoms with E-state index in [9.17, 15) is 9.59 Å². The smallest absolute Gasteiger partial charge is 0.238 e. The van der Waals surface area contributed by atoms with Crippen LogP contribution in [0, 0.1) is 11.3 Å². The summed E-state index contributed by atoms with van der Waals surface area (Å²) in [5, 5.41) is 11.3. The van der Waals surface area contributed by atoms with Gasteiger partial charge in [-0.2, -0.15) is 0 Å². The molecular formula is C22H23N5O2. The van der Waals surface area contributed by atoms with Crippen molar-refractivity contribution in [2.24, 2.45) is 10.9 Å². The highest BCUT2D eigenvalue weighted by Gasteiger charge is 2.37. The van der Waals surface area contributed by atoms with Crippen LogP contribution in [0.2, 0.25) is 0 Å². The molecule has 4 rings (SSSR count). The van der Waals surface area contributed by atoms with Gasteiger partial charge in [0.05, 0.1) is 18.2 Å². The Hall–Kier alpha value is -3.48. The van der Waals surface area contributed by atoms with Gasteiger partial charge in [-0.1, -0.05) is 18.2 Å². The van der Waals surface area contributed by atoms with Gasteiger partial charge in [0.15, 0.2) is 5.78 Å². The van der Waals surface area contributed by atoms with Crippen LogP contribution in [-0.4, -0.2) is 42.9 Å². The maximum atomic E-state index is 12.7. The number of amides is 1. The molecular weight excluding hydrogens is 366 g/mol. The van der Waals surface area contributed by atoms with Gasteiger partial charge in [-0.15, -0.1) is 0 Å². The van der Waals surface area contributed by atoms with Crippen LogP contribution in [0.15, 0.2) is 65.0 Å². The number of amidine groups is 1. The second kappa shape index (κ2) is 7.50. The number of fused-ring (bicyclic) bond motifs is 1. The average Bonchev–Trinajstić information content (AvgIpc) is 3.03. The fourth-order valence-electron chi connectivity index (χ4n) is 3.80. The van der Waals surface area contributed by atoms with Gasteiger partial charge in [-0.3, -0.25) is 15.0 Å². The summed E-state index contributed by atoms with van der Waals surface area (Å²) < 4.78 is 0. The first-order chi connectivity index (χ1) is 14.0. The number of nitrogens with one attached hydrogen (secondary N) is 2. The first-order valence-corrected chi connectivity index (χ1v) is 9.76. The summed E-state index contributed by atoms with van der Waals surface area (Å²) in [6.07, 6.45) is 7.13. The first-order valence-electron chi connectivity index (χ1n) is 9.76. The third kappa shape index (κ3) is 3.29. The molecule has 1 unspecified atom stereocenters. The number of hydrogen-bond donors (Lipinski definition) is 2. The summed E-state index contributed by atoms with van der Waals surface area (Å²) >= 11 is 0. The minimum absolute atomic E-state index is 0.0546. The summed E-state index contributed by atoms with van der Waals surface area (Å²) in [6, 6.07) is 7.83. The number of aliphatic imine (C=N–C) groups is 1. The van der Waals surface area contributed by atoms with Crippen molar-refractivity contribution in [3.8, 4) is 0 Å². The van der Waals surface area contributed by atoms with Crippen molar-refractivity contribution in [3.63, 3.8) is 0 Å². The monoisotopic (exact) mass is 389 g/mol. The normalized spacial score (nSPS) is 23.2. The molecule has 1 aromatic rings. The number of allylic oxidation sites excluding steroid dienone is 3. The fraction of sp³-hybridized carbons (Fsp3) is 0.273. The van der Waals surface area contributed by atoms with Gasteiger partial charge in [0.2, 0.25) is 5.91 Å². The first kappa shape index (κ1) is 18.9. The van der Waals surface area contributed by atoms with Gasteiger partial charge in [-0.25, -0.2) is 4.99 Å². The van der Waals surface area contributed by atoms with Crippen LogP contribution in [-0.2, 0) is 9.59 Å². The molecule has 0 aromatic heterocycles. The molecule has 7 nitrogen and oxygen atoms in total. The van der Waals surface area contributed by atoms with Gasteiger partial charge < -0.3 is 15.1 Å². The molecule has 0 radical (unpaired) electrons. The lowest BCUT2D eigenvalue weighted by atomic mass is 9.95. The number of hydrogen-bond acceptors (Lipinski definition) is 5. The quantitative estimate of drug-likeness (QED) is 0.774. The van der Waals surface area contributed by atoms with Crippen LogP contribution in [0.25, 0.3) is 0 Å². The van der Waals surface area contributed by atoms with E-state index in [4.69, 9.17) is 5.41 Å². The molecule has 3 aliphatic rings. The summed E-state index contributed by atoms with van der Waals surface area (Å²) in [5.41, 5.74) is 2.60. The Balaban J connectivity index is 1.64. The van der Waals surface area contributed by atoms with E-state index in [0.29, 0.717) is 5.71 Å². The predicted molar refractivity (Wildman–Crippen MR) is 114 cm³/mol. The zero-order valence-electron chi connectivity index (χ0n) is 16.5. The molecule has 2 N–H and O–H groups in total. The summed E-state index contributed by atoms with van der Waals surface area (Å²) in [4.78, 5) is 33.4. The van der Waals surface area contributed by atoms with Gasteiger partial charge in [0.1, 0.15) is 17.2 Å². The van der Waals surface area contributed by atoms with Crippen LogP contribution >= 0.6 is 0 Å². The highest BCUT2D eigenvalue weighted by atomic mass is 16.2. The maximum absolute atomic E-state index is 12.7.